The quantitative estimate of drug-likeness (QED) is 0.935. The summed E-state index contributed by atoms with van der Waals surface area (Å²) in [5.41, 5.74) is 1.08. The normalized spacial score (nSPS) is 17.0. The molecule has 6 nitrogen and oxygen atoms in total. The van der Waals surface area contributed by atoms with Crippen LogP contribution in [0.5, 0.6) is 11.5 Å². The zero-order valence-corrected chi connectivity index (χ0v) is 12.6. The fourth-order valence-corrected chi connectivity index (χ4v) is 2.69. The van der Waals surface area contributed by atoms with E-state index in [9.17, 15) is 0 Å². The molecule has 3 rings (SSSR count). The Labute approximate surface area is 124 Å². The van der Waals surface area contributed by atoms with Gasteiger partial charge in [-0.15, -0.1) is 0 Å². The van der Waals surface area contributed by atoms with E-state index in [4.69, 9.17) is 9.47 Å². The number of ether oxygens (including phenoxy) is 2. The van der Waals surface area contributed by atoms with Gasteiger partial charge in [0, 0.05) is 18.5 Å². The summed E-state index contributed by atoms with van der Waals surface area (Å²) >= 11 is 0. The average molecular weight is 288 g/mol. The van der Waals surface area contributed by atoms with Crippen molar-refractivity contribution >= 4 is 5.95 Å². The molecule has 1 aromatic carbocycles. The van der Waals surface area contributed by atoms with Gasteiger partial charge >= 0.3 is 0 Å². The number of aryl methyl sites for hydroxylation is 1. The first-order valence-corrected chi connectivity index (χ1v) is 7.18. The topological polar surface area (TPSA) is 61.2 Å². The number of benzene rings is 1. The molecule has 0 radical (unpaired) electrons. The van der Waals surface area contributed by atoms with E-state index >= 15 is 0 Å². The molecule has 0 saturated heterocycles. The van der Waals surface area contributed by atoms with E-state index in [0.29, 0.717) is 0 Å². The zero-order chi connectivity index (χ0) is 14.8. The standard InChI is InChI=1S/C15H20N4O2/c1-4-14-17-15-16-8-7-12(19(15)18-14)11-9-10(20-2)5-6-13(11)21-3/h5-6,9,12H,4,7-8H2,1-3H3,(H,16,17,18). The van der Waals surface area contributed by atoms with E-state index in [1.165, 1.54) is 0 Å². The first-order valence-electron chi connectivity index (χ1n) is 7.18. The molecular formula is C15H20N4O2. The Morgan fingerprint density at radius 2 is 2.19 bits per heavy atom. The number of methoxy groups -OCH3 is 2. The van der Waals surface area contributed by atoms with Gasteiger partial charge in [0.2, 0.25) is 5.95 Å². The molecule has 0 spiro atoms. The van der Waals surface area contributed by atoms with Gasteiger partial charge in [-0.2, -0.15) is 10.1 Å². The smallest absolute Gasteiger partial charge is 0.221 e. The number of hydrogen-bond acceptors (Lipinski definition) is 5. The molecule has 0 amide bonds. The maximum absolute atomic E-state index is 5.51. The first kappa shape index (κ1) is 13.7. The molecule has 2 heterocycles. The third-order valence-corrected chi connectivity index (χ3v) is 3.78. The van der Waals surface area contributed by atoms with Crippen molar-refractivity contribution in [2.24, 2.45) is 0 Å². The molecule has 0 fully saturated rings. The molecule has 0 saturated carbocycles. The van der Waals surface area contributed by atoms with Crippen molar-refractivity contribution in [2.75, 3.05) is 26.1 Å². The van der Waals surface area contributed by atoms with Crippen LogP contribution < -0.4 is 14.8 Å². The Morgan fingerprint density at radius 3 is 2.90 bits per heavy atom. The molecule has 21 heavy (non-hydrogen) atoms. The van der Waals surface area contributed by atoms with Gasteiger partial charge in [0.05, 0.1) is 20.3 Å². The molecule has 1 N–H and O–H groups in total. The second kappa shape index (κ2) is 5.63. The summed E-state index contributed by atoms with van der Waals surface area (Å²) < 4.78 is 12.8. The molecule has 1 aliphatic rings. The van der Waals surface area contributed by atoms with E-state index in [1.807, 2.05) is 22.9 Å². The average Bonchev–Trinajstić information content (AvgIpc) is 2.97. The molecule has 1 aromatic heterocycles. The van der Waals surface area contributed by atoms with Crippen molar-refractivity contribution < 1.29 is 9.47 Å². The van der Waals surface area contributed by atoms with Crippen LogP contribution in [0.1, 0.15) is 30.8 Å². The number of fused-ring (bicyclic) bond motifs is 1. The minimum absolute atomic E-state index is 0.110. The van der Waals surface area contributed by atoms with E-state index < -0.39 is 0 Å². The molecule has 2 aromatic rings. The van der Waals surface area contributed by atoms with Gasteiger partial charge in [-0.3, -0.25) is 0 Å². The predicted molar refractivity (Wildman–Crippen MR) is 80.2 cm³/mol. The second-order valence-electron chi connectivity index (χ2n) is 4.99. The Morgan fingerprint density at radius 1 is 1.33 bits per heavy atom. The van der Waals surface area contributed by atoms with Crippen LogP contribution in [-0.4, -0.2) is 35.5 Å². The van der Waals surface area contributed by atoms with E-state index in [0.717, 1.165) is 48.2 Å². The third kappa shape index (κ3) is 2.41. The Bertz CT molecular complexity index is 639. The number of anilines is 1. The lowest BCUT2D eigenvalue weighted by Gasteiger charge is -2.26. The SMILES string of the molecule is CCc1nc2n(n1)C(c1cc(OC)ccc1OC)CCN2. The largest absolute Gasteiger partial charge is 0.497 e. The summed E-state index contributed by atoms with van der Waals surface area (Å²) in [4.78, 5) is 4.51. The summed E-state index contributed by atoms with van der Waals surface area (Å²) in [5.74, 6) is 3.35. The maximum Gasteiger partial charge on any atom is 0.221 e. The Balaban J connectivity index is 2.07. The number of nitrogens with one attached hydrogen (secondary N) is 1. The van der Waals surface area contributed by atoms with Crippen molar-refractivity contribution in [3.63, 3.8) is 0 Å². The highest BCUT2D eigenvalue weighted by Crippen LogP contribution is 2.36. The fraction of sp³-hybridized carbons (Fsp3) is 0.467. The lowest BCUT2D eigenvalue weighted by Crippen LogP contribution is -2.25. The molecule has 1 unspecified atom stereocenters. The van der Waals surface area contributed by atoms with Crippen LogP contribution in [-0.2, 0) is 6.42 Å². The molecule has 112 valence electrons. The maximum atomic E-state index is 5.51. The molecule has 0 aliphatic carbocycles. The van der Waals surface area contributed by atoms with E-state index in [2.05, 4.69) is 22.3 Å². The zero-order valence-electron chi connectivity index (χ0n) is 12.6. The van der Waals surface area contributed by atoms with Gasteiger partial charge in [0.25, 0.3) is 0 Å². The fourth-order valence-electron chi connectivity index (χ4n) is 2.69. The van der Waals surface area contributed by atoms with Crippen molar-refractivity contribution in [3.8, 4) is 11.5 Å². The van der Waals surface area contributed by atoms with E-state index in [-0.39, 0.29) is 6.04 Å². The Hall–Kier alpha value is -2.24. The summed E-state index contributed by atoms with van der Waals surface area (Å²) in [6, 6.07) is 5.97. The van der Waals surface area contributed by atoms with Crippen molar-refractivity contribution in [1.82, 2.24) is 14.8 Å². The van der Waals surface area contributed by atoms with Gasteiger partial charge in [-0.05, 0) is 24.6 Å². The van der Waals surface area contributed by atoms with Gasteiger partial charge < -0.3 is 14.8 Å². The summed E-state index contributed by atoms with van der Waals surface area (Å²) in [7, 11) is 3.36. The lowest BCUT2D eigenvalue weighted by molar-refractivity contribution is 0.382. The second-order valence-corrected chi connectivity index (χ2v) is 4.99. The number of aromatic nitrogens is 3. The van der Waals surface area contributed by atoms with Crippen LogP contribution in [0, 0.1) is 0 Å². The number of nitrogens with zero attached hydrogens (tertiary/aromatic N) is 3. The predicted octanol–water partition coefficient (Wildman–Crippen LogP) is 2.26. The highest BCUT2D eigenvalue weighted by Gasteiger charge is 2.26. The van der Waals surface area contributed by atoms with Crippen molar-refractivity contribution in [1.29, 1.82) is 0 Å². The van der Waals surface area contributed by atoms with Gasteiger partial charge in [-0.25, -0.2) is 4.68 Å². The van der Waals surface area contributed by atoms with Crippen LogP contribution in [0.15, 0.2) is 18.2 Å². The number of hydrogen-bond donors (Lipinski definition) is 1. The van der Waals surface area contributed by atoms with Gasteiger partial charge in [-0.1, -0.05) is 6.92 Å². The first-order chi connectivity index (χ1) is 10.3. The van der Waals surface area contributed by atoms with Crippen molar-refractivity contribution in [2.45, 2.75) is 25.8 Å². The molecule has 1 atom stereocenters. The minimum atomic E-state index is 0.110. The summed E-state index contributed by atoms with van der Waals surface area (Å²) in [6.07, 6.45) is 1.76. The van der Waals surface area contributed by atoms with Crippen LogP contribution in [0.4, 0.5) is 5.95 Å². The van der Waals surface area contributed by atoms with Crippen molar-refractivity contribution in [3.05, 3.63) is 29.6 Å². The van der Waals surface area contributed by atoms with Crippen LogP contribution in [0.3, 0.4) is 0 Å². The van der Waals surface area contributed by atoms with Gasteiger partial charge in [0.1, 0.15) is 11.5 Å². The molecule has 0 bridgehead atoms. The molecular weight excluding hydrogens is 268 g/mol. The Kier molecular flexibility index (Phi) is 3.68. The van der Waals surface area contributed by atoms with Crippen LogP contribution in [0.25, 0.3) is 0 Å². The van der Waals surface area contributed by atoms with Crippen LogP contribution >= 0.6 is 0 Å². The summed E-state index contributed by atoms with van der Waals surface area (Å²) in [6.45, 7) is 2.93. The monoisotopic (exact) mass is 288 g/mol. The molecule has 1 aliphatic heterocycles. The lowest BCUT2D eigenvalue weighted by atomic mass is 10.0. The summed E-state index contributed by atoms with van der Waals surface area (Å²) in [5, 5.41) is 7.91. The molecule has 6 heteroatoms. The van der Waals surface area contributed by atoms with Crippen LogP contribution in [0.2, 0.25) is 0 Å². The third-order valence-electron chi connectivity index (χ3n) is 3.78. The number of rotatable bonds is 4. The van der Waals surface area contributed by atoms with E-state index in [1.54, 1.807) is 14.2 Å². The van der Waals surface area contributed by atoms with Gasteiger partial charge in [0.15, 0.2) is 5.82 Å². The highest BCUT2D eigenvalue weighted by atomic mass is 16.5. The minimum Gasteiger partial charge on any atom is -0.497 e. The highest BCUT2D eigenvalue weighted by molar-refractivity contribution is 5.44.